The number of anilines is 1. The third kappa shape index (κ3) is 5.16. The molecular weight excluding hydrogens is 362 g/mol. The molecule has 3 rings (SSSR count). The number of nitrogens with one attached hydrogen (secondary N) is 1. The lowest BCUT2D eigenvalue weighted by atomic mass is 10.1. The molecule has 0 aliphatic heterocycles. The fourth-order valence-corrected chi connectivity index (χ4v) is 2.44. The third-order valence-electron chi connectivity index (χ3n) is 3.80. The summed E-state index contributed by atoms with van der Waals surface area (Å²) in [6.45, 7) is 1.33. The smallest absolute Gasteiger partial charge is 0.310 e. The van der Waals surface area contributed by atoms with Crippen LogP contribution < -0.4 is 10.1 Å². The van der Waals surface area contributed by atoms with Crippen LogP contribution in [-0.2, 0) is 27.4 Å². The summed E-state index contributed by atoms with van der Waals surface area (Å²) in [5.41, 5.74) is 2.20. The minimum atomic E-state index is -0.420. The highest BCUT2D eigenvalue weighted by atomic mass is 16.6. The van der Waals surface area contributed by atoms with Crippen molar-refractivity contribution in [1.29, 1.82) is 0 Å². The lowest BCUT2D eigenvalue weighted by Gasteiger charge is -2.05. The summed E-state index contributed by atoms with van der Waals surface area (Å²) in [5.74, 6) is 0.770. The Bertz CT molecular complexity index is 949. The molecule has 0 aliphatic carbocycles. The molecule has 1 aromatic heterocycles. The monoisotopic (exact) mass is 381 g/mol. The number of methoxy groups -OCH3 is 1. The summed E-state index contributed by atoms with van der Waals surface area (Å²) < 4.78 is 15.4. The maximum Gasteiger partial charge on any atom is 0.310 e. The highest BCUT2D eigenvalue weighted by Gasteiger charge is 2.12. The molecule has 1 amide bonds. The number of nitrogens with zero attached hydrogens (tertiary/aromatic N) is 2. The number of hydrogen-bond acceptors (Lipinski definition) is 7. The summed E-state index contributed by atoms with van der Waals surface area (Å²) in [5, 5.41) is 6.55. The Balaban J connectivity index is 1.52. The number of benzene rings is 2. The highest BCUT2D eigenvalue weighted by Crippen LogP contribution is 2.20. The topological polar surface area (TPSA) is 104 Å². The van der Waals surface area contributed by atoms with Crippen molar-refractivity contribution in [2.24, 2.45) is 0 Å². The summed E-state index contributed by atoms with van der Waals surface area (Å²) >= 11 is 0. The Kier molecular flexibility index (Phi) is 6.01. The second-order valence-corrected chi connectivity index (χ2v) is 5.96. The standard InChI is InChI=1S/C20H19N3O5/c1-13(24)21-16-7-3-14(4-8-16)11-19(25)27-12-18-22-20(23-28-18)15-5-9-17(26-2)10-6-15/h3-10H,11-12H2,1-2H3,(H,21,24). The quantitative estimate of drug-likeness (QED) is 0.628. The van der Waals surface area contributed by atoms with Gasteiger partial charge < -0.3 is 19.3 Å². The van der Waals surface area contributed by atoms with E-state index in [9.17, 15) is 9.59 Å². The van der Waals surface area contributed by atoms with Crippen LogP contribution in [0.25, 0.3) is 11.4 Å². The van der Waals surface area contributed by atoms with Gasteiger partial charge >= 0.3 is 5.97 Å². The van der Waals surface area contributed by atoms with E-state index in [2.05, 4.69) is 15.5 Å². The van der Waals surface area contributed by atoms with Gasteiger partial charge in [0.25, 0.3) is 5.89 Å². The molecular formula is C20H19N3O5. The molecule has 1 N–H and O–H groups in total. The number of carbonyl (C=O) groups is 2. The molecule has 2 aromatic carbocycles. The molecule has 0 radical (unpaired) electrons. The molecule has 0 saturated carbocycles. The van der Waals surface area contributed by atoms with E-state index in [-0.39, 0.29) is 24.8 Å². The van der Waals surface area contributed by atoms with Crippen LogP contribution in [0.1, 0.15) is 18.4 Å². The van der Waals surface area contributed by atoms with Crippen molar-refractivity contribution >= 4 is 17.6 Å². The molecule has 1 heterocycles. The molecule has 8 heteroatoms. The predicted molar refractivity (Wildman–Crippen MR) is 101 cm³/mol. The van der Waals surface area contributed by atoms with Crippen molar-refractivity contribution < 1.29 is 23.6 Å². The average molecular weight is 381 g/mol. The van der Waals surface area contributed by atoms with Crippen molar-refractivity contribution in [3.8, 4) is 17.1 Å². The van der Waals surface area contributed by atoms with Gasteiger partial charge in [-0.3, -0.25) is 9.59 Å². The molecule has 0 bridgehead atoms. The zero-order valence-corrected chi connectivity index (χ0v) is 15.5. The minimum absolute atomic E-state index is 0.0970. The average Bonchev–Trinajstić information content (AvgIpc) is 3.17. The molecule has 144 valence electrons. The van der Waals surface area contributed by atoms with Crippen molar-refractivity contribution in [2.45, 2.75) is 20.0 Å². The Hall–Kier alpha value is -3.68. The number of carbonyl (C=O) groups excluding carboxylic acids is 2. The maximum absolute atomic E-state index is 12.0. The van der Waals surface area contributed by atoms with E-state index in [0.717, 1.165) is 16.9 Å². The summed E-state index contributed by atoms with van der Waals surface area (Å²) in [4.78, 5) is 27.2. The van der Waals surface area contributed by atoms with Crippen LogP contribution in [0.15, 0.2) is 53.1 Å². The zero-order chi connectivity index (χ0) is 19.9. The van der Waals surface area contributed by atoms with Gasteiger partial charge in [-0.2, -0.15) is 4.98 Å². The second-order valence-electron chi connectivity index (χ2n) is 5.96. The van der Waals surface area contributed by atoms with Crippen LogP contribution >= 0.6 is 0 Å². The molecule has 0 fully saturated rings. The number of aromatic nitrogens is 2. The number of hydrogen-bond donors (Lipinski definition) is 1. The second kappa shape index (κ2) is 8.81. The molecule has 0 saturated heterocycles. The van der Waals surface area contributed by atoms with Crippen molar-refractivity contribution in [2.75, 3.05) is 12.4 Å². The van der Waals surface area contributed by atoms with Crippen LogP contribution in [-0.4, -0.2) is 29.1 Å². The molecule has 28 heavy (non-hydrogen) atoms. The SMILES string of the molecule is COc1ccc(-c2noc(COC(=O)Cc3ccc(NC(C)=O)cc3)n2)cc1. The van der Waals surface area contributed by atoms with Gasteiger partial charge in [0.05, 0.1) is 13.5 Å². The summed E-state index contributed by atoms with van der Waals surface area (Å²) in [7, 11) is 1.59. The minimum Gasteiger partial charge on any atom is -0.497 e. The van der Waals surface area contributed by atoms with Gasteiger partial charge in [0.2, 0.25) is 11.7 Å². The van der Waals surface area contributed by atoms with Crippen LogP contribution in [0.2, 0.25) is 0 Å². The number of amides is 1. The van der Waals surface area contributed by atoms with Crippen LogP contribution in [0, 0.1) is 0 Å². The van der Waals surface area contributed by atoms with Crippen LogP contribution in [0.5, 0.6) is 5.75 Å². The third-order valence-corrected chi connectivity index (χ3v) is 3.80. The lowest BCUT2D eigenvalue weighted by molar-refractivity contribution is -0.144. The van der Waals surface area contributed by atoms with E-state index < -0.39 is 5.97 Å². The zero-order valence-electron chi connectivity index (χ0n) is 15.5. The Labute approximate surface area is 161 Å². The molecule has 0 aliphatic rings. The molecule has 3 aromatic rings. The van der Waals surface area contributed by atoms with Crippen LogP contribution in [0.4, 0.5) is 5.69 Å². The van der Waals surface area contributed by atoms with Crippen molar-refractivity contribution in [1.82, 2.24) is 10.1 Å². The van der Waals surface area contributed by atoms with E-state index in [1.54, 1.807) is 43.5 Å². The van der Waals surface area contributed by atoms with Gasteiger partial charge in [0, 0.05) is 18.2 Å². The van der Waals surface area contributed by atoms with E-state index in [0.29, 0.717) is 11.5 Å². The van der Waals surface area contributed by atoms with Gasteiger partial charge in [0.1, 0.15) is 5.75 Å². The fourth-order valence-electron chi connectivity index (χ4n) is 2.44. The van der Waals surface area contributed by atoms with E-state index in [1.165, 1.54) is 6.92 Å². The summed E-state index contributed by atoms with van der Waals surface area (Å²) in [6.07, 6.45) is 0.0970. The number of ether oxygens (including phenoxy) is 2. The Morgan fingerprint density at radius 3 is 2.43 bits per heavy atom. The van der Waals surface area contributed by atoms with E-state index in [4.69, 9.17) is 14.0 Å². The first kappa shape index (κ1) is 19.1. The Morgan fingerprint density at radius 2 is 1.79 bits per heavy atom. The van der Waals surface area contributed by atoms with Crippen molar-refractivity contribution in [3.05, 3.63) is 60.0 Å². The van der Waals surface area contributed by atoms with Gasteiger partial charge in [-0.1, -0.05) is 17.3 Å². The molecule has 0 spiro atoms. The van der Waals surface area contributed by atoms with E-state index >= 15 is 0 Å². The first-order chi connectivity index (χ1) is 13.5. The fraction of sp³-hybridized carbons (Fsp3) is 0.200. The van der Waals surface area contributed by atoms with Crippen LogP contribution in [0.3, 0.4) is 0 Å². The number of esters is 1. The largest absolute Gasteiger partial charge is 0.497 e. The maximum atomic E-state index is 12.0. The van der Waals surface area contributed by atoms with Gasteiger partial charge in [-0.15, -0.1) is 0 Å². The first-order valence-corrected chi connectivity index (χ1v) is 8.52. The van der Waals surface area contributed by atoms with Gasteiger partial charge in [-0.05, 0) is 42.0 Å². The normalized spacial score (nSPS) is 10.4. The first-order valence-electron chi connectivity index (χ1n) is 8.52. The summed E-state index contributed by atoms with van der Waals surface area (Å²) in [6, 6.07) is 14.2. The Morgan fingerprint density at radius 1 is 1.07 bits per heavy atom. The van der Waals surface area contributed by atoms with Crippen molar-refractivity contribution in [3.63, 3.8) is 0 Å². The van der Waals surface area contributed by atoms with Gasteiger partial charge in [-0.25, -0.2) is 0 Å². The van der Waals surface area contributed by atoms with Gasteiger partial charge in [0.15, 0.2) is 6.61 Å². The lowest BCUT2D eigenvalue weighted by Crippen LogP contribution is -2.09. The number of rotatable bonds is 7. The predicted octanol–water partition coefficient (Wildman–Crippen LogP) is 2.99. The molecule has 8 nitrogen and oxygen atoms in total. The highest BCUT2D eigenvalue weighted by molar-refractivity contribution is 5.88. The molecule has 0 atom stereocenters. The van der Waals surface area contributed by atoms with E-state index in [1.807, 2.05) is 12.1 Å². The molecule has 0 unspecified atom stereocenters.